The van der Waals surface area contributed by atoms with Crippen LogP contribution in [-0.2, 0) is 11.3 Å². The summed E-state index contributed by atoms with van der Waals surface area (Å²) in [7, 11) is 1.60. The van der Waals surface area contributed by atoms with E-state index in [1.54, 1.807) is 25.3 Å². The van der Waals surface area contributed by atoms with E-state index in [0.717, 1.165) is 11.3 Å². The van der Waals surface area contributed by atoms with Crippen LogP contribution in [0.15, 0.2) is 54.9 Å². The lowest BCUT2D eigenvalue weighted by Crippen LogP contribution is -2.26. The minimum absolute atomic E-state index is 0.148. The van der Waals surface area contributed by atoms with Gasteiger partial charge < -0.3 is 19.2 Å². The lowest BCUT2D eigenvalue weighted by molar-refractivity contribution is 0.0936. The summed E-state index contributed by atoms with van der Waals surface area (Å²) in [5.41, 5.74) is 2.26. The summed E-state index contributed by atoms with van der Waals surface area (Å²) in [5.74, 6) is 0.483. The number of aromatic nitrogens is 2. The number of fused-ring (bicyclic) bond motifs is 1. The first-order chi connectivity index (χ1) is 11.8. The molecule has 1 amide bonds. The van der Waals surface area contributed by atoms with E-state index in [9.17, 15) is 4.79 Å². The second-order valence-electron chi connectivity index (χ2n) is 5.26. The fourth-order valence-corrected chi connectivity index (χ4v) is 2.31. The lowest BCUT2D eigenvalue weighted by Gasteiger charge is -2.07. The number of ether oxygens (including phenoxy) is 2. The van der Waals surface area contributed by atoms with Gasteiger partial charge in [0.1, 0.15) is 18.0 Å². The molecular formula is C18H19N3O3. The third-order valence-corrected chi connectivity index (χ3v) is 3.49. The van der Waals surface area contributed by atoms with Crippen LogP contribution in [0.4, 0.5) is 0 Å². The standard InChI is InChI=1S/C18H19N3O3/c1-23-10-8-19-18(22)14-5-4-6-16(11-14)24-13-15-12-21-9-3-2-7-17(21)20-15/h2-7,9,11-12H,8,10,13H2,1H3,(H,19,22). The van der Waals surface area contributed by atoms with Crippen LogP contribution in [0, 0.1) is 0 Å². The first kappa shape index (κ1) is 16.0. The fourth-order valence-electron chi connectivity index (χ4n) is 2.31. The molecule has 0 aliphatic rings. The molecule has 124 valence electrons. The van der Waals surface area contributed by atoms with Gasteiger partial charge in [-0.1, -0.05) is 12.1 Å². The van der Waals surface area contributed by atoms with Gasteiger partial charge in [0.05, 0.1) is 12.3 Å². The number of hydrogen-bond acceptors (Lipinski definition) is 4. The van der Waals surface area contributed by atoms with Gasteiger partial charge in [0.25, 0.3) is 5.91 Å². The Morgan fingerprint density at radius 2 is 2.17 bits per heavy atom. The average molecular weight is 325 g/mol. The van der Waals surface area contributed by atoms with Crippen LogP contribution < -0.4 is 10.1 Å². The van der Waals surface area contributed by atoms with Crippen molar-refractivity contribution in [3.63, 3.8) is 0 Å². The van der Waals surface area contributed by atoms with E-state index in [4.69, 9.17) is 9.47 Å². The van der Waals surface area contributed by atoms with Crippen LogP contribution in [0.3, 0.4) is 0 Å². The molecule has 0 radical (unpaired) electrons. The number of hydrogen-bond donors (Lipinski definition) is 1. The highest BCUT2D eigenvalue weighted by Crippen LogP contribution is 2.15. The van der Waals surface area contributed by atoms with Crippen LogP contribution in [0.5, 0.6) is 5.75 Å². The van der Waals surface area contributed by atoms with E-state index in [1.165, 1.54) is 0 Å². The quantitative estimate of drug-likeness (QED) is 0.677. The second kappa shape index (κ2) is 7.61. The van der Waals surface area contributed by atoms with E-state index < -0.39 is 0 Å². The molecular weight excluding hydrogens is 306 g/mol. The van der Waals surface area contributed by atoms with Crippen molar-refractivity contribution in [2.45, 2.75) is 6.61 Å². The van der Waals surface area contributed by atoms with Crippen LogP contribution >= 0.6 is 0 Å². The van der Waals surface area contributed by atoms with Crippen molar-refractivity contribution in [1.82, 2.24) is 14.7 Å². The van der Waals surface area contributed by atoms with Gasteiger partial charge in [0, 0.05) is 31.6 Å². The maximum Gasteiger partial charge on any atom is 0.251 e. The van der Waals surface area contributed by atoms with Crippen molar-refractivity contribution in [3.05, 3.63) is 66.1 Å². The fraction of sp³-hybridized carbons (Fsp3) is 0.222. The highest BCUT2D eigenvalue weighted by molar-refractivity contribution is 5.94. The molecule has 0 atom stereocenters. The van der Waals surface area contributed by atoms with Crippen molar-refractivity contribution in [2.24, 2.45) is 0 Å². The Bertz CT molecular complexity index is 796. The monoisotopic (exact) mass is 325 g/mol. The maximum absolute atomic E-state index is 12.0. The van der Waals surface area contributed by atoms with Crippen molar-refractivity contribution in [3.8, 4) is 5.75 Å². The molecule has 0 aliphatic carbocycles. The summed E-state index contributed by atoms with van der Waals surface area (Å²) < 4.78 is 12.6. The molecule has 1 aromatic carbocycles. The Labute approximate surface area is 140 Å². The summed E-state index contributed by atoms with van der Waals surface area (Å²) in [5, 5.41) is 2.78. The number of nitrogens with zero attached hydrogens (tertiary/aromatic N) is 2. The van der Waals surface area contributed by atoms with Gasteiger partial charge in [-0.2, -0.15) is 0 Å². The van der Waals surface area contributed by atoms with Crippen LogP contribution in [0.2, 0.25) is 0 Å². The topological polar surface area (TPSA) is 64.9 Å². The van der Waals surface area contributed by atoms with E-state index in [-0.39, 0.29) is 5.91 Å². The van der Waals surface area contributed by atoms with Gasteiger partial charge in [-0.05, 0) is 30.3 Å². The number of amides is 1. The molecule has 1 N–H and O–H groups in total. The predicted molar refractivity (Wildman–Crippen MR) is 90.2 cm³/mol. The minimum Gasteiger partial charge on any atom is -0.487 e. The molecule has 0 saturated heterocycles. The Morgan fingerprint density at radius 1 is 1.25 bits per heavy atom. The molecule has 0 fully saturated rings. The van der Waals surface area contributed by atoms with E-state index in [2.05, 4.69) is 10.3 Å². The van der Waals surface area contributed by atoms with Crippen LogP contribution in [0.25, 0.3) is 5.65 Å². The normalized spacial score (nSPS) is 10.7. The zero-order valence-electron chi connectivity index (χ0n) is 13.4. The molecule has 2 aromatic heterocycles. The SMILES string of the molecule is COCCNC(=O)c1cccc(OCc2cn3ccccc3n2)c1. The Hall–Kier alpha value is -2.86. The number of carbonyl (C=O) groups excluding carboxylic acids is 1. The summed E-state index contributed by atoms with van der Waals surface area (Å²) in [6.45, 7) is 1.30. The number of carbonyl (C=O) groups is 1. The van der Waals surface area contributed by atoms with E-state index >= 15 is 0 Å². The number of imidazole rings is 1. The van der Waals surface area contributed by atoms with Crippen molar-refractivity contribution >= 4 is 11.6 Å². The van der Waals surface area contributed by atoms with Crippen LogP contribution in [-0.4, -0.2) is 35.6 Å². The van der Waals surface area contributed by atoms with E-state index in [0.29, 0.717) is 31.1 Å². The Morgan fingerprint density at radius 3 is 3.00 bits per heavy atom. The summed E-state index contributed by atoms with van der Waals surface area (Å²) >= 11 is 0. The number of rotatable bonds is 7. The summed E-state index contributed by atoms with van der Waals surface area (Å²) in [4.78, 5) is 16.5. The Kier molecular flexibility index (Phi) is 5.08. The van der Waals surface area contributed by atoms with Gasteiger partial charge in [0.2, 0.25) is 0 Å². The third kappa shape index (κ3) is 3.91. The molecule has 3 aromatic rings. The number of methoxy groups -OCH3 is 1. The molecule has 3 rings (SSSR count). The summed E-state index contributed by atoms with van der Waals surface area (Å²) in [6, 6.07) is 12.9. The maximum atomic E-state index is 12.0. The molecule has 6 nitrogen and oxygen atoms in total. The zero-order valence-corrected chi connectivity index (χ0v) is 13.4. The van der Waals surface area contributed by atoms with Gasteiger partial charge in [-0.15, -0.1) is 0 Å². The predicted octanol–water partition coefficient (Wildman–Crippen LogP) is 2.29. The number of pyridine rings is 1. The largest absolute Gasteiger partial charge is 0.487 e. The second-order valence-corrected chi connectivity index (χ2v) is 5.26. The number of nitrogens with one attached hydrogen (secondary N) is 1. The van der Waals surface area contributed by atoms with Gasteiger partial charge in [0.15, 0.2) is 0 Å². The molecule has 0 saturated carbocycles. The molecule has 24 heavy (non-hydrogen) atoms. The van der Waals surface area contributed by atoms with Gasteiger partial charge >= 0.3 is 0 Å². The summed E-state index contributed by atoms with van der Waals surface area (Å²) in [6.07, 6.45) is 3.87. The zero-order chi connectivity index (χ0) is 16.8. The molecule has 0 unspecified atom stereocenters. The minimum atomic E-state index is -0.148. The molecule has 0 bridgehead atoms. The highest BCUT2D eigenvalue weighted by Gasteiger charge is 2.07. The number of benzene rings is 1. The Balaban J connectivity index is 1.62. The van der Waals surface area contributed by atoms with Gasteiger partial charge in [-0.3, -0.25) is 4.79 Å². The highest BCUT2D eigenvalue weighted by atomic mass is 16.5. The van der Waals surface area contributed by atoms with Crippen LogP contribution in [0.1, 0.15) is 16.1 Å². The average Bonchev–Trinajstić information content (AvgIpc) is 3.03. The van der Waals surface area contributed by atoms with Gasteiger partial charge in [-0.25, -0.2) is 4.98 Å². The third-order valence-electron chi connectivity index (χ3n) is 3.49. The van der Waals surface area contributed by atoms with E-state index in [1.807, 2.05) is 41.1 Å². The first-order valence-corrected chi connectivity index (χ1v) is 7.69. The molecule has 0 aliphatic heterocycles. The lowest BCUT2D eigenvalue weighted by atomic mass is 10.2. The first-order valence-electron chi connectivity index (χ1n) is 7.69. The molecule has 6 heteroatoms. The molecule has 0 spiro atoms. The smallest absolute Gasteiger partial charge is 0.251 e. The molecule has 2 heterocycles. The van der Waals surface area contributed by atoms with Crippen molar-refractivity contribution < 1.29 is 14.3 Å². The van der Waals surface area contributed by atoms with Crippen molar-refractivity contribution in [1.29, 1.82) is 0 Å². The van der Waals surface area contributed by atoms with Crippen molar-refractivity contribution in [2.75, 3.05) is 20.3 Å².